The van der Waals surface area contributed by atoms with E-state index in [4.69, 9.17) is 4.74 Å². The molecular weight excluding hydrogens is 298 g/mol. The molecule has 1 saturated heterocycles. The minimum Gasteiger partial charge on any atom is -0.482 e. The first-order chi connectivity index (χ1) is 11.0. The molecule has 3 rings (SSSR count). The number of piperazine rings is 1. The summed E-state index contributed by atoms with van der Waals surface area (Å²) in [6.45, 7) is 3.84. The second-order valence-electron chi connectivity index (χ2n) is 5.73. The maximum atomic E-state index is 12.4. The number of carbonyl (C=O) groups is 3. The standard InChI is InChI=1S/C16H19N3O4/c1-11(20)18-4-6-19(7-5-18)16(22)9-12-2-3-14-13(8-12)17-15(21)10-23-14/h2-3,8H,4-7,9-10H2,1H3,(H,17,21). The van der Waals surface area contributed by atoms with Gasteiger partial charge in [0.15, 0.2) is 6.61 Å². The third-order valence-corrected chi connectivity index (χ3v) is 4.11. The summed E-state index contributed by atoms with van der Waals surface area (Å²) in [7, 11) is 0. The van der Waals surface area contributed by atoms with Crippen LogP contribution in [0.2, 0.25) is 0 Å². The van der Waals surface area contributed by atoms with E-state index in [1.807, 2.05) is 6.07 Å². The van der Waals surface area contributed by atoms with Crippen LogP contribution in [0.1, 0.15) is 12.5 Å². The second-order valence-corrected chi connectivity index (χ2v) is 5.73. The lowest BCUT2D eigenvalue weighted by Crippen LogP contribution is -2.50. The number of nitrogens with one attached hydrogen (secondary N) is 1. The van der Waals surface area contributed by atoms with Crippen molar-refractivity contribution >= 4 is 23.4 Å². The molecule has 1 N–H and O–H groups in total. The van der Waals surface area contributed by atoms with Gasteiger partial charge in [0.05, 0.1) is 12.1 Å². The van der Waals surface area contributed by atoms with Crippen molar-refractivity contribution in [3.63, 3.8) is 0 Å². The Kier molecular flexibility index (Phi) is 4.18. The molecule has 2 aliphatic rings. The first-order valence-corrected chi connectivity index (χ1v) is 7.62. The first kappa shape index (κ1) is 15.3. The summed E-state index contributed by atoms with van der Waals surface area (Å²) in [4.78, 5) is 38.6. The fraction of sp³-hybridized carbons (Fsp3) is 0.438. The maximum absolute atomic E-state index is 12.4. The normalized spacial score (nSPS) is 17.2. The summed E-state index contributed by atoms with van der Waals surface area (Å²) in [6.07, 6.45) is 0.267. The lowest BCUT2D eigenvalue weighted by molar-refractivity contribution is -0.138. The van der Waals surface area contributed by atoms with Crippen LogP contribution in [-0.4, -0.2) is 60.3 Å². The first-order valence-electron chi connectivity index (χ1n) is 7.62. The molecule has 0 radical (unpaired) electrons. The van der Waals surface area contributed by atoms with E-state index in [1.165, 1.54) is 0 Å². The Morgan fingerprint density at radius 2 is 1.87 bits per heavy atom. The summed E-state index contributed by atoms with van der Waals surface area (Å²) in [5.74, 6) is 0.496. The van der Waals surface area contributed by atoms with Gasteiger partial charge in [-0.05, 0) is 17.7 Å². The highest BCUT2D eigenvalue weighted by Gasteiger charge is 2.23. The van der Waals surface area contributed by atoms with Gasteiger partial charge < -0.3 is 19.9 Å². The van der Waals surface area contributed by atoms with Gasteiger partial charge in [-0.15, -0.1) is 0 Å². The molecule has 122 valence electrons. The molecule has 1 aromatic carbocycles. The van der Waals surface area contributed by atoms with E-state index >= 15 is 0 Å². The van der Waals surface area contributed by atoms with Crippen LogP contribution in [0.3, 0.4) is 0 Å². The Morgan fingerprint density at radius 3 is 2.57 bits per heavy atom. The number of amides is 3. The summed E-state index contributed by atoms with van der Waals surface area (Å²) in [5.41, 5.74) is 1.43. The van der Waals surface area contributed by atoms with E-state index in [-0.39, 0.29) is 30.7 Å². The zero-order chi connectivity index (χ0) is 16.4. The molecule has 0 saturated carbocycles. The highest BCUT2D eigenvalue weighted by atomic mass is 16.5. The highest BCUT2D eigenvalue weighted by molar-refractivity contribution is 5.95. The molecule has 0 unspecified atom stereocenters. The average molecular weight is 317 g/mol. The van der Waals surface area contributed by atoms with Gasteiger partial charge in [0, 0.05) is 33.1 Å². The number of ether oxygens (including phenoxy) is 1. The van der Waals surface area contributed by atoms with Crippen LogP contribution in [0.25, 0.3) is 0 Å². The summed E-state index contributed by atoms with van der Waals surface area (Å²) in [6, 6.07) is 5.38. The monoisotopic (exact) mass is 317 g/mol. The molecule has 2 aliphatic heterocycles. The van der Waals surface area contributed by atoms with Gasteiger partial charge in [0.2, 0.25) is 11.8 Å². The minimum atomic E-state index is -0.193. The quantitative estimate of drug-likeness (QED) is 0.848. The lowest BCUT2D eigenvalue weighted by Gasteiger charge is -2.34. The third-order valence-electron chi connectivity index (χ3n) is 4.11. The van der Waals surface area contributed by atoms with E-state index in [1.54, 1.807) is 28.9 Å². The number of carbonyl (C=O) groups excluding carboxylic acids is 3. The van der Waals surface area contributed by atoms with E-state index in [2.05, 4.69) is 5.32 Å². The van der Waals surface area contributed by atoms with Crippen LogP contribution >= 0.6 is 0 Å². The summed E-state index contributed by atoms with van der Waals surface area (Å²) >= 11 is 0. The van der Waals surface area contributed by atoms with Crippen LogP contribution < -0.4 is 10.1 Å². The topological polar surface area (TPSA) is 79.0 Å². The number of fused-ring (bicyclic) bond motifs is 1. The van der Waals surface area contributed by atoms with Crippen molar-refractivity contribution in [2.45, 2.75) is 13.3 Å². The Bertz CT molecular complexity index is 651. The zero-order valence-electron chi connectivity index (χ0n) is 13.0. The number of anilines is 1. The van der Waals surface area contributed by atoms with Crippen LogP contribution in [0, 0.1) is 0 Å². The molecule has 23 heavy (non-hydrogen) atoms. The van der Waals surface area contributed by atoms with E-state index < -0.39 is 0 Å². The molecule has 1 fully saturated rings. The molecule has 0 aromatic heterocycles. The van der Waals surface area contributed by atoms with Crippen molar-refractivity contribution in [3.8, 4) is 5.75 Å². The van der Waals surface area contributed by atoms with Gasteiger partial charge in [-0.2, -0.15) is 0 Å². The molecule has 0 spiro atoms. The van der Waals surface area contributed by atoms with Gasteiger partial charge in [0.25, 0.3) is 5.91 Å². The molecule has 7 heteroatoms. The van der Waals surface area contributed by atoms with Crippen molar-refractivity contribution in [1.29, 1.82) is 0 Å². The van der Waals surface area contributed by atoms with Crippen LogP contribution in [-0.2, 0) is 20.8 Å². The fourth-order valence-corrected chi connectivity index (χ4v) is 2.80. The van der Waals surface area contributed by atoms with Crippen molar-refractivity contribution in [3.05, 3.63) is 23.8 Å². The predicted molar refractivity (Wildman–Crippen MR) is 83.1 cm³/mol. The van der Waals surface area contributed by atoms with Gasteiger partial charge in [-0.3, -0.25) is 14.4 Å². The third kappa shape index (κ3) is 3.44. The summed E-state index contributed by atoms with van der Waals surface area (Å²) < 4.78 is 5.30. The van der Waals surface area contributed by atoms with Crippen molar-refractivity contribution < 1.29 is 19.1 Å². The number of benzene rings is 1. The van der Waals surface area contributed by atoms with Gasteiger partial charge >= 0.3 is 0 Å². The van der Waals surface area contributed by atoms with Gasteiger partial charge in [-0.1, -0.05) is 6.07 Å². The van der Waals surface area contributed by atoms with E-state index in [0.717, 1.165) is 5.56 Å². The Labute approximate surface area is 134 Å². The number of nitrogens with zero attached hydrogens (tertiary/aromatic N) is 2. The Balaban J connectivity index is 1.61. The highest BCUT2D eigenvalue weighted by Crippen LogP contribution is 2.28. The maximum Gasteiger partial charge on any atom is 0.262 e. The molecule has 0 aliphatic carbocycles. The van der Waals surface area contributed by atoms with Crippen molar-refractivity contribution in [2.24, 2.45) is 0 Å². The lowest BCUT2D eigenvalue weighted by atomic mass is 10.1. The Morgan fingerprint density at radius 1 is 1.17 bits per heavy atom. The average Bonchev–Trinajstić information content (AvgIpc) is 2.54. The smallest absolute Gasteiger partial charge is 0.262 e. The van der Waals surface area contributed by atoms with Crippen LogP contribution in [0.5, 0.6) is 5.75 Å². The predicted octanol–water partition coefficient (Wildman–Crippen LogP) is 0.251. The van der Waals surface area contributed by atoms with E-state index in [9.17, 15) is 14.4 Å². The van der Waals surface area contributed by atoms with Gasteiger partial charge in [0.1, 0.15) is 5.75 Å². The molecule has 0 bridgehead atoms. The van der Waals surface area contributed by atoms with Crippen LogP contribution in [0.4, 0.5) is 5.69 Å². The largest absolute Gasteiger partial charge is 0.482 e. The van der Waals surface area contributed by atoms with Crippen molar-refractivity contribution in [1.82, 2.24) is 9.80 Å². The molecule has 0 atom stereocenters. The molecular formula is C16H19N3O4. The zero-order valence-corrected chi connectivity index (χ0v) is 13.0. The molecule has 7 nitrogen and oxygen atoms in total. The number of rotatable bonds is 2. The summed E-state index contributed by atoms with van der Waals surface area (Å²) in [5, 5.41) is 2.74. The van der Waals surface area contributed by atoms with Crippen LogP contribution in [0.15, 0.2) is 18.2 Å². The second kappa shape index (κ2) is 6.28. The van der Waals surface area contributed by atoms with E-state index in [0.29, 0.717) is 37.6 Å². The SMILES string of the molecule is CC(=O)N1CCN(C(=O)Cc2ccc3c(c2)NC(=O)CO3)CC1. The minimum absolute atomic E-state index is 0.0195. The number of hydrogen-bond donors (Lipinski definition) is 1. The van der Waals surface area contributed by atoms with Gasteiger partial charge in [-0.25, -0.2) is 0 Å². The molecule has 1 aromatic rings. The Hall–Kier alpha value is -2.57. The van der Waals surface area contributed by atoms with Crippen molar-refractivity contribution in [2.75, 3.05) is 38.1 Å². The number of hydrogen-bond acceptors (Lipinski definition) is 4. The molecule has 2 heterocycles. The fourth-order valence-electron chi connectivity index (χ4n) is 2.80. The molecule has 3 amide bonds.